The molecule has 0 atom stereocenters. The third-order valence-corrected chi connectivity index (χ3v) is 2.99. The second-order valence-electron chi connectivity index (χ2n) is 3.21. The molecule has 0 saturated heterocycles. The Bertz CT molecular complexity index is 350. The molecule has 1 rings (SSSR count). The number of aromatic nitrogens is 1. The number of nitrogens with zero attached hydrogens (tertiary/aromatic N) is 1. The summed E-state index contributed by atoms with van der Waals surface area (Å²) in [5, 5.41) is 0. The molecule has 0 aliphatic heterocycles. The lowest BCUT2D eigenvalue weighted by molar-refractivity contribution is 0.0376. The van der Waals surface area contributed by atoms with E-state index >= 15 is 0 Å². The fourth-order valence-electron chi connectivity index (χ4n) is 0.984. The first kappa shape index (κ1) is 11.4. The van der Waals surface area contributed by atoms with E-state index < -0.39 is 0 Å². The molecule has 0 aromatic carbocycles. The van der Waals surface area contributed by atoms with Gasteiger partial charge in [0, 0.05) is 9.77 Å². The first-order valence-electron chi connectivity index (χ1n) is 4.34. The molecule has 0 radical (unpaired) electrons. The summed E-state index contributed by atoms with van der Waals surface area (Å²) in [5.41, 5.74) is 1.44. The lowest BCUT2D eigenvalue weighted by Gasteiger charge is -2.09. The van der Waals surface area contributed by atoms with Crippen molar-refractivity contribution in [3.63, 3.8) is 0 Å². The Morgan fingerprint density at radius 1 is 1.57 bits per heavy atom. The van der Waals surface area contributed by atoms with Crippen molar-refractivity contribution < 1.29 is 9.53 Å². The molecule has 0 aliphatic rings. The Morgan fingerprint density at radius 2 is 2.21 bits per heavy atom. The summed E-state index contributed by atoms with van der Waals surface area (Å²) in [7, 11) is 0. The van der Waals surface area contributed by atoms with Crippen LogP contribution in [0.2, 0.25) is 0 Å². The molecule has 0 bridgehead atoms. The van der Waals surface area contributed by atoms with Gasteiger partial charge in [-0.15, -0.1) is 0 Å². The van der Waals surface area contributed by atoms with E-state index in [9.17, 15) is 4.79 Å². The molecule has 14 heavy (non-hydrogen) atoms. The van der Waals surface area contributed by atoms with Gasteiger partial charge in [0.05, 0.1) is 17.4 Å². The fraction of sp³-hybridized carbons (Fsp3) is 0.400. The summed E-state index contributed by atoms with van der Waals surface area (Å²) in [5.74, 6) is -0.282. The number of esters is 1. The smallest absolute Gasteiger partial charge is 0.339 e. The van der Waals surface area contributed by atoms with Crippen molar-refractivity contribution in [2.75, 3.05) is 0 Å². The highest BCUT2D eigenvalue weighted by molar-refractivity contribution is 14.1. The third-order valence-electron chi connectivity index (χ3n) is 1.63. The molecule has 4 heteroatoms. The van der Waals surface area contributed by atoms with Gasteiger partial charge in [-0.1, -0.05) is 0 Å². The summed E-state index contributed by atoms with van der Waals surface area (Å²) in [6.45, 7) is 5.53. The molecule has 0 amide bonds. The number of aryl methyl sites for hydroxylation is 1. The van der Waals surface area contributed by atoms with Crippen molar-refractivity contribution in [1.29, 1.82) is 0 Å². The molecule has 1 aromatic rings. The monoisotopic (exact) mass is 305 g/mol. The van der Waals surface area contributed by atoms with Crippen molar-refractivity contribution in [3.05, 3.63) is 27.1 Å². The van der Waals surface area contributed by atoms with Crippen LogP contribution in [0.4, 0.5) is 0 Å². The van der Waals surface area contributed by atoms with Gasteiger partial charge in [-0.05, 0) is 49.4 Å². The number of hydrogen-bond donors (Lipinski definition) is 0. The largest absolute Gasteiger partial charge is 0.459 e. The number of hydrogen-bond acceptors (Lipinski definition) is 3. The van der Waals surface area contributed by atoms with Gasteiger partial charge in [0.15, 0.2) is 0 Å². The highest BCUT2D eigenvalue weighted by Crippen LogP contribution is 2.15. The SMILES string of the molecule is Cc1nccc(C(=O)OC(C)C)c1I. The van der Waals surface area contributed by atoms with Crippen molar-refractivity contribution in [3.8, 4) is 0 Å². The Balaban J connectivity index is 2.96. The van der Waals surface area contributed by atoms with E-state index in [0.29, 0.717) is 5.56 Å². The van der Waals surface area contributed by atoms with E-state index in [1.165, 1.54) is 0 Å². The summed E-state index contributed by atoms with van der Waals surface area (Å²) in [6, 6.07) is 1.68. The zero-order valence-corrected chi connectivity index (χ0v) is 10.5. The van der Waals surface area contributed by atoms with Gasteiger partial charge in [0.25, 0.3) is 0 Å². The number of ether oxygens (including phenoxy) is 1. The molecule has 0 N–H and O–H groups in total. The van der Waals surface area contributed by atoms with Crippen molar-refractivity contribution in [2.45, 2.75) is 26.9 Å². The van der Waals surface area contributed by atoms with E-state index in [2.05, 4.69) is 27.6 Å². The van der Waals surface area contributed by atoms with Gasteiger partial charge in [-0.25, -0.2) is 4.79 Å². The molecular weight excluding hydrogens is 293 g/mol. The van der Waals surface area contributed by atoms with Crippen LogP contribution in [0.1, 0.15) is 29.9 Å². The predicted molar refractivity (Wildman–Crippen MR) is 62.2 cm³/mol. The Kier molecular flexibility index (Phi) is 3.86. The number of pyridine rings is 1. The molecule has 0 fully saturated rings. The molecule has 1 aromatic heterocycles. The Morgan fingerprint density at radius 3 is 2.79 bits per heavy atom. The fourth-order valence-corrected chi connectivity index (χ4v) is 1.52. The maximum absolute atomic E-state index is 11.6. The maximum Gasteiger partial charge on any atom is 0.339 e. The zero-order chi connectivity index (χ0) is 10.7. The molecule has 0 aliphatic carbocycles. The number of halogens is 1. The van der Waals surface area contributed by atoms with Crippen molar-refractivity contribution in [2.24, 2.45) is 0 Å². The topological polar surface area (TPSA) is 39.2 Å². The van der Waals surface area contributed by atoms with Crippen LogP contribution in [-0.2, 0) is 4.74 Å². The first-order valence-corrected chi connectivity index (χ1v) is 5.42. The molecule has 0 unspecified atom stereocenters. The van der Waals surface area contributed by atoms with Crippen LogP contribution in [0.15, 0.2) is 12.3 Å². The Hall–Kier alpha value is -0.650. The number of carbonyl (C=O) groups excluding carboxylic acids is 1. The molecule has 76 valence electrons. The van der Waals surface area contributed by atoms with Gasteiger partial charge in [-0.2, -0.15) is 0 Å². The van der Waals surface area contributed by atoms with E-state index in [4.69, 9.17) is 4.74 Å². The summed E-state index contributed by atoms with van der Waals surface area (Å²) in [6.07, 6.45) is 1.53. The zero-order valence-electron chi connectivity index (χ0n) is 8.37. The normalized spacial score (nSPS) is 10.4. The molecule has 0 saturated carbocycles. The van der Waals surface area contributed by atoms with Crippen LogP contribution in [0.3, 0.4) is 0 Å². The minimum atomic E-state index is -0.282. The summed E-state index contributed by atoms with van der Waals surface area (Å²) < 4.78 is 5.96. The van der Waals surface area contributed by atoms with E-state index in [1.807, 2.05) is 20.8 Å². The third kappa shape index (κ3) is 2.67. The van der Waals surface area contributed by atoms with Crippen molar-refractivity contribution >= 4 is 28.6 Å². The van der Waals surface area contributed by atoms with Crippen LogP contribution in [0.25, 0.3) is 0 Å². The predicted octanol–water partition coefficient (Wildman–Crippen LogP) is 2.56. The minimum Gasteiger partial charge on any atom is -0.459 e. The van der Waals surface area contributed by atoms with Crippen LogP contribution >= 0.6 is 22.6 Å². The minimum absolute atomic E-state index is 0.0910. The lowest BCUT2D eigenvalue weighted by Crippen LogP contribution is -2.13. The van der Waals surface area contributed by atoms with Crippen LogP contribution in [0, 0.1) is 10.5 Å². The average Bonchev–Trinajstić information content (AvgIpc) is 2.08. The van der Waals surface area contributed by atoms with Gasteiger partial charge in [0.2, 0.25) is 0 Å². The summed E-state index contributed by atoms with van der Waals surface area (Å²) in [4.78, 5) is 15.7. The summed E-state index contributed by atoms with van der Waals surface area (Å²) >= 11 is 2.10. The highest BCUT2D eigenvalue weighted by Gasteiger charge is 2.14. The first-order chi connectivity index (χ1) is 6.52. The van der Waals surface area contributed by atoms with Gasteiger partial charge in [0.1, 0.15) is 0 Å². The second-order valence-corrected chi connectivity index (χ2v) is 4.29. The molecule has 1 heterocycles. The van der Waals surface area contributed by atoms with Gasteiger partial charge < -0.3 is 4.74 Å². The van der Waals surface area contributed by atoms with Gasteiger partial charge >= 0.3 is 5.97 Å². The maximum atomic E-state index is 11.6. The van der Waals surface area contributed by atoms with Gasteiger partial charge in [-0.3, -0.25) is 4.98 Å². The van der Waals surface area contributed by atoms with Crippen LogP contribution in [-0.4, -0.2) is 17.1 Å². The van der Waals surface area contributed by atoms with Crippen molar-refractivity contribution in [1.82, 2.24) is 4.98 Å². The van der Waals surface area contributed by atoms with Crippen LogP contribution in [0.5, 0.6) is 0 Å². The molecular formula is C10H12INO2. The molecule has 0 spiro atoms. The highest BCUT2D eigenvalue weighted by atomic mass is 127. The van der Waals surface area contributed by atoms with E-state index in [1.54, 1.807) is 12.3 Å². The van der Waals surface area contributed by atoms with E-state index in [-0.39, 0.29) is 12.1 Å². The van der Waals surface area contributed by atoms with E-state index in [0.717, 1.165) is 9.26 Å². The second kappa shape index (κ2) is 4.72. The quantitative estimate of drug-likeness (QED) is 0.623. The lowest BCUT2D eigenvalue weighted by atomic mass is 10.2. The molecule has 3 nitrogen and oxygen atoms in total. The number of carbonyl (C=O) groups is 1. The van der Waals surface area contributed by atoms with Crippen LogP contribution < -0.4 is 0 Å². The Labute approximate surface area is 97.0 Å². The average molecular weight is 305 g/mol. The number of rotatable bonds is 2. The standard InChI is InChI=1S/C10H12INO2/c1-6(2)14-10(13)8-4-5-12-7(3)9(8)11/h4-6H,1-3H3.